The molecular weight excluding hydrogens is 550 g/mol. The van der Waals surface area contributed by atoms with E-state index in [0.717, 1.165) is 49.1 Å². The topological polar surface area (TPSA) is 88.6 Å². The first kappa shape index (κ1) is 27.1. The molecule has 1 aromatic carbocycles. The number of benzene rings is 1. The first-order valence-corrected chi connectivity index (χ1v) is 14.5. The molecular formula is C25H26ClF4N3O4S. The van der Waals surface area contributed by atoms with Crippen LogP contribution in [0.15, 0.2) is 24.4 Å². The number of ether oxygens (including phenoxy) is 1. The second-order valence-electron chi connectivity index (χ2n) is 10.3. The third-order valence-corrected chi connectivity index (χ3v) is 8.20. The number of hydrogen-bond donors (Lipinski definition) is 1. The molecule has 2 aromatic rings. The van der Waals surface area contributed by atoms with Crippen molar-refractivity contribution in [1.29, 1.82) is 0 Å². The van der Waals surface area contributed by atoms with Gasteiger partial charge < -0.3 is 4.74 Å². The van der Waals surface area contributed by atoms with Gasteiger partial charge in [0.05, 0.1) is 17.4 Å². The van der Waals surface area contributed by atoms with Gasteiger partial charge in [0.2, 0.25) is 15.9 Å². The van der Waals surface area contributed by atoms with Gasteiger partial charge in [-0.05, 0) is 73.8 Å². The van der Waals surface area contributed by atoms with E-state index < -0.39 is 33.5 Å². The maximum Gasteiger partial charge on any atom is 0.417 e. The number of nitrogens with one attached hydrogen (secondary N) is 1. The van der Waals surface area contributed by atoms with E-state index >= 15 is 0 Å². The van der Waals surface area contributed by atoms with E-state index in [1.165, 1.54) is 12.1 Å². The number of aromatic nitrogens is 1. The number of nitrogens with zero attached hydrogens (tertiary/aromatic N) is 2. The summed E-state index contributed by atoms with van der Waals surface area (Å²) in [7, 11) is -3.83. The van der Waals surface area contributed by atoms with Gasteiger partial charge in [0.1, 0.15) is 16.9 Å². The van der Waals surface area contributed by atoms with Crippen LogP contribution in [0.5, 0.6) is 5.88 Å². The van der Waals surface area contributed by atoms with Crippen molar-refractivity contribution in [3.8, 4) is 5.88 Å². The minimum Gasteiger partial charge on any atom is -0.473 e. The fourth-order valence-corrected chi connectivity index (χ4v) is 6.20. The van der Waals surface area contributed by atoms with Crippen LogP contribution in [0.3, 0.4) is 0 Å². The van der Waals surface area contributed by atoms with Crippen molar-refractivity contribution in [3.63, 3.8) is 0 Å². The molecule has 1 aromatic heterocycles. The second-order valence-corrected chi connectivity index (χ2v) is 12.4. The lowest BCUT2D eigenvalue weighted by Crippen LogP contribution is -2.46. The molecule has 5 rings (SSSR count). The fraction of sp³-hybridized carbons (Fsp3) is 0.520. The average Bonchev–Trinajstić information content (AvgIpc) is 3.60. The molecule has 1 saturated carbocycles. The van der Waals surface area contributed by atoms with Crippen LogP contribution < -0.4 is 9.46 Å². The SMILES string of the molecule is CS(=O)(=O)NC(=O)c1cc(C2CC2)c(CN2[C@@H]3CC[C@H]2C[C@H](Oc2ncc(C(F)(F)F)cc2Cl)C3)cc1F. The Morgan fingerprint density at radius 3 is 2.37 bits per heavy atom. The molecule has 2 bridgehead atoms. The van der Waals surface area contributed by atoms with Crippen molar-refractivity contribution in [2.75, 3.05) is 6.26 Å². The zero-order valence-electron chi connectivity index (χ0n) is 20.4. The van der Waals surface area contributed by atoms with Crippen molar-refractivity contribution in [2.45, 2.75) is 75.4 Å². The molecule has 3 aliphatic rings. The number of amides is 1. The number of carbonyl (C=O) groups excluding carboxylic acids is 1. The van der Waals surface area contributed by atoms with Gasteiger partial charge in [-0.15, -0.1) is 0 Å². The molecule has 0 unspecified atom stereocenters. The summed E-state index contributed by atoms with van der Waals surface area (Å²) in [5.41, 5.74) is 0.383. The number of pyridine rings is 1. The molecule has 0 spiro atoms. The first-order chi connectivity index (χ1) is 17.8. The molecule has 3 fully saturated rings. The highest BCUT2D eigenvalue weighted by molar-refractivity contribution is 7.89. The number of alkyl halides is 3. The summed E-state index contributed by atoms with van der Waals surface area (Å²) in [6, 6.07) is 3.85. The van der Waals surface area contributed by atoms with Gasteiger partial charge >= 0.3 is 6.18 Å². The summed E-state index contributed by atoms with van der Waals surface area (Å²) in [6.07, 6.45) is 1.58. The van der Waals surface area contributed by atoms with Crippen LogP contribution in [-0.2, 0) is 22.7 Å². The van der Waals surface area contributed by atoms with E-state index in [1.54, 1.807) is 0 Å². The lowest BCUT2D eigenvalue weighted by atomic mass is 9.95. The lowest BCUT2D eigenvalue weighted by Gasteiger charge is -2.39. The number of halogens is 5. The highest BCUT2D eigenvalue weighted by atomic mass is 35.5. The molecule has 0 radical (unpaired) electrons. The van der Waals surface area contributed by atoms with Gasteiger partial charge in [0, 0.05) is 24.8 Å². The molecule has 38 heavy (non-hydrogen) atoms. The maximum absolute atomic E-state index is 15.0. The Bertz CT molecular complexity index is 1350. The van der Waals surface area contributed by atoms with Crippen molar-refractivity contribution in [2.24, 2.45) is 0 Å². The van der Waals surface area contributed by atoms with E-state index in [0.29, 0.717) is 25.6 Å². The summed E-state index contributed by atoms with van der Waals surface area (Å²) >= 11 is 6.02. The Morgan fingerprint density at radius 2 is 1.82 bits per heavy atom. The smallest absolute Gasteiger partial charge is 0.417 e. The Labute approximate surface area is 222 Å². The van der Waals surface area contributed by atoms with E-state index in [-0.39, 0.29) is 40.6 Å². The predicted molar refractivity (Wildman–Crippen MR) is 131 cm³/mol. The molecule has 2 aliphatic heterocycles. The van der Waals surface area contributed by atoms with Gasteiger partial charge in [-0.1, -0.05) is 11.6 Å². The molecule has 206 valence electrons. The number of rotatable bonds is 7. The van der Waals surface area contributed by atoms with Crippen molar-refractivity contribution in [3.05, 3.63) is 57.5 Å². The van der Waals surface area contributed by atoms with E-state index in [4.69, 9.17) is 16.3 Å². The maximum atomic E-state index is 15.0. The fourth-order valence-electron chi connectivity index (χ4n) is 5.54. The normalized spacial score (nSPS) is 23.9. The minimum atomic E-state index is -4.55. The summed E-state index contributed by atoms with van der Waals surface area (Å²) in [5.74, 6) is -1.61. The van der Waals surface area contributed by atoms with Gasteiger partial charge in [-0.3, -0.25) is 9.69 Å². The van der Waals surface area contributed by atoms with E-state index in [2.05, 4.69) is 9.88 Å². The average molecular weight is 576 g/mol. The molecule has 1 N–H and O–H groups in total. The number of sulfonamides is 1. The van der Waals surface area contributed by atoms with Crippen LogP contribution in [0, 0.1) is 5.82 Å². The predicted octanol–water partition coefficient (Wildman–Crippen LogP) is 5.03. The zero-order valence-corrected chi connectivity index (χ0v) is 22.0. The van der Waals surface area contributed by atoms with Crippen molar-refractivity contribution in [1.82, 2.24) is 14.6 Å². The standard InChI is InChI=1S/C25H26ClF4N3O4S/c1-38(35,36)32-23(34)20-10-19(13-2-3-13)14(6-22(20)27)12-33-16-4-5-17(33)9-18(8-16)37-24-21(26)7-15(11-31-24)25(28,29)30/h6-7,10-11,13,16-18H,2-5,8-9,12H2,1H3,(H,32,34)/t16-,17+,18-. The monoisotopic (exact) mass is 575 g/mol. The van der Waals surface area contributed by atoms with Gasteiger partial charge in [0.15, 0.2) is 0 Å². The summed E-state index contributed by atoms with van der Waals surface area (Å²) in [4.78, 5) is 18.4. The molecule has 3 heterocycles. The highest BCUT2D eigenvalue weighted by Gasteiger charge is 2.43. The van der Waals surface area contributed by atoms with Crippen LogP contribution in [0.1, 0.15) is 71.5 Å². The second kappa shape index (κ2) is 9.95. The van der Waals surface area contributed by atoms with E-state index in [1.807, 2.05) is 4.72 Å². The summed E-state index contributed by atoms with van der Waals surface area (Å²) in [5, 5.41) is -0.195. The number of fused-ring (bicyclic) bond motifs is 2. The Kier molecular flexibility index (Phi) is 7.10. The third-order valence-electron chi connectivity index (χ3n) is 7.38. The first-order valence-electron chi connectivity index (χ1n) is 12.3. The summed E-state index contributed by atoms with van der Waals surface area (Å²) < 4.78 is 84.3. The minimum absolute atomic E-state index is 0.0291. The number of hydrogen-bond acceptors (Lipinski definition) is 6. The largest absolute Gasteiger partial charge is 0.473 e. The Hall–Kier alpha value is -2.44. The van der Waals surface area contributed by atoms with Crippen LogP contribution >= 0.6 is 11.6 Å². The molecule has 7 nitrogen and oxygen atoms in total. The van der Waals surface area contributed by atoms with Crippen LogP contribution in [0.4, 0.5) is 17.6 Å². The highest BCUT2D eigenvalue weighted by Crippen LogP contribution is 2.45. The molecule has 13 heteroatoms. The lowest BCUT2D eigenvalue weighted by molar-refractivity contribution is -0.137. The molecule has 3 atom stereocenters. The Morgan fingerprint density at radius 1 is 1.16 bits per heavy atom. The van der Waals surface area contributed by atoms with Gasteiger partial charge in [-0.25, -0.2) is 22.5 Å². The molecule has 2 saturated heterocycles. The number of piperidine rings is 1. The van der Waals surface area contributed by atoms with Crippen molar-refractivity contribution >= 4 is 27.5 Å². The van der Waals surface area contributed by atoms with Crippen LogP contribution in [0.2, 0.25) is 5.02 Å². The number of carbonyl (C=O) groups is 1. The zero-order chi connectivity index (χ0) is 27.4. The van der Waals surface area contributed by atoms with Gasteiger partial charge in [-0.2, -0.15) is 13.2 Å². The molecule has 1 aliphatic carbocycles. The van der Waals surface area contributed by atoms with Crippen LogP contribution in [0.25, 0.3) is 0 Å². The molecule has 1 amide bonds. The van der Waals surface area contributed by atoms with Gasteiger partial charge in [0.25, 0.3) is 5.91 Å². The van der Waals surface area contributed by atoms with Crippen molar-refractivity contribution < 1.29 is 35.5 Å². The van der Waals surface area contributed by atoms with Crippen LogP contribution in [-0.4, -0.2) is 48.7 Å². The Balaban J connectivity index is 1.30. The third kappa shape index (κ3) is 5.91. The summed E-state index contributed by atoms with van der Waals surface area (Å²) in [6.45, 7) is 0.470. The van der Waals surface area contributed by atoms with E-state index in [9.17, 15) is 30.8 Å². The quantitative estimate of drug-likeness (QED) is 0.466.